The molecule has 10 N–H and O–H groups in total. The maximum absolute atomic E-state index is 10.9. The number of likely N-dealkylation sites (N-methyl/N-ethyl adjacent to an activating group) is 1. The van der Waals surface area contributed by atoms with Crippen LogP contribution in [0.25, 0.3) is 0 Å². The van der Waals surface area contributed by atoms with Gasteiger partial charge in [-0.25, -0.2) is 0 Å². The van der Waals surface area contributed by atoms with Gasteiger partial charge in [-0.1, -0.05) is 91.9 Å². The lowest BCUT2D eigenvalue weighted by molar-refractivity contribution is 0.109. The van der Waals surface area contributed by atoms with Crippen molar-refractivity contribution in [1.82, 2.24) is 31.5 Å². The Bertz CT molecular complexity index is 1650. The molecule has 0 aromatic heterocycles. The van der Waals surface area contributed by atoms with E-state index in [1.165, 1.54) is 16.7 Å². The van der Waals surface area contributed by atoms with Crippen molar-refractivity contribution in [1.29, 1.82) is 0 Å². The lowest BCUT2D eigenvalue weighted by atomic mass is 10.0. The summed E-state index contributed by atoms with van der Waals surface area (Å²) in [5, 5.41) is 49.9. The first kappa shape index (κ1) is 44.3. The van der Waals surface area contributed by atoms with Crippen LogP contribution in [0.4, 0.5) is 0 Å². The van der Waals surface area contributed by atoms with Gasteiger partial charge in [0.1, 0.15) is 11.5 Å². The first-order valence-electron chi connectivity index (χ1n) is 21.2. The largest absolute Gasteiger partial charge is 0.508 e. The smallest absolute Gasteiger partial charge is 0.115 e. The highest BCUT2D eigenvalue weighted by Crippen LogP contribution is 2.18. The predicted molar refractivity (Wildman–Crippen MR) is 234 cm³/mol. The summed E-state index contributed by atoms with van der Waals surface area (Å²) in [7, 11) is 0. The number of hydrogen-bond acceptors (Lipinski definition) is 10. The van der Waals surface area contributed by atoms with Gasteiger partial charge in [0.15, 0.2) is 0 Å². The molecule has 57 heavy (non-hydrogen) atoms. The van der Waals surface area contributed by atoms with Crippen molar-refractivity contribution in [2.75, 3.05) is 52.4 Å². The van der Waals surface area contributed by atoms with E-state index in [1.807, 2.05) is 31.2 Å². The van der Waals surface area contributed by atoms with E-state index in [1.54, 1.807) is 24.3 Å². The molecule has 7 atom stereocenters. The highest BCUT2D eigenvalue weighted by molar-refractivity contribution is 5.28. The summed E-state index contributed by atoms with van der Waals surface area (Å²) in [6.45, 7) is 10.4. The molecule has 1 aliphatic rings. The minimum absolute atomic E-state index is 0.0535. The van der Waals surface area contributed by atoms with Crippen molar-refractivity contribution in [3.05, 3.63) is 131 Å². The molecule has 0 unspecified atom stereocenters. The fraction of sp³-hybridized carbons (Fsp3) is 0.489. The molecule has 10 nitrogen and oxygen atoms in total. The van der Waals surface area contributed by atoms with Gasteiger partial charge in [-0.3, -0.25) is 4.90 Å². The molecule has 0 spiro atoms. The second-order valence-electron chi connectivity index (χ2n) is 16.0. The van der Waals surface area contributed by atoms with Gasteiger partial charge in [0.05, 0.1) is 6.10 Å². The number of likely N-dealkylation sites (tertiary alicyclic amines) is 1. The van der Waals surface area contributed by atoms with Gasteiger partial charge in [-0.05, 0) is 105 Å². The lowest BCUT2D eigenvalue weighted by Crippen LogP contribution is -2.55. The summed E-state index contributed by atoms with van der Waals surface area (Å²) in [5.74, 6) is 0.549. The number of nitrogens with two attached hydrogens (primary N) is 1. The van der Waals surface area contributed by atoms with Crippen LogP contribution in [0.15, 0.2) is 109 Å². The Morgan fingerprint density at radius 2 is 1.00 bits per heavy atom. The Morgan fingerprint density at radius 1 is 0.596 bits per heavy atom. The SMILES string of the molecule is CCN[C@H](CN[C@H](CN[C@H](CN[C@H](CN[C@@H](CN1CCC[C@H]1CN)[C@@H](C)O)Cc1ccccc1)Cc1ccccc1)Cc1ccc(O)cc1)Cc1ccc(O)cc1. The van der Waals surface area contributed by atoms with Crippen LogP contribution in [-0.2, 0) is 25.7 Å². The van der Waals surface area contributed by atoms with Crippen molar-refractivity contribution in [2.24, 2.45) is 5.73 Å². The van der Waals surface area contributed by atoms with Crippen LogP contribution in [0.3, 0.4) is 0 Å². The molecular formula is C47H69N7O3. The maximum atomic E-state index is 10.9. The number of rotatable bonds is 26. The number of nitrogens with zero attached hydrogens (tertiary/aromatic N) is 1. The van der Waals surface area contributed by atoms with E-state index in [2.05, 4.69) is 99.1 Å². The van der Waals surface area contributed by atoms with Crippen LogP contribution in [0.1, 0.15) is 48.9 Å². The van der Waals surface area contributed by atoms with E-state index in [9.17, 15) is 15.3 Å². The number of nitrogens with one attached hydrogen (secondary N) is 5. The molecular weight excluding hydrogens is 711 g/mol. The first-order valence-corrected chi connectivity index (χ1v) is 21.2. The van der Waals surface area contributed by atoms with Crippen LogP contribution >= 0.6 is 0 Å². The zero-order chi connectivity index (χ0) is 40.2. The van der Waals surface area contributed by atoms with E-state index < -0.39 is 6.10 Å². The number of hydrogen-bond donors (Lipinski definition) is 9. The van der Waals surface area contributed by atoms with Crippen molar-refractivity contribution >= 4 is 0 Å². The third kappa shape index (κ3) is 15.8. The topological polar surface area (TPSA) is 150 Å². The fourth-order valence-corrected chi connectivity index (χ4v) is 8.05. The highest BCUT2D eigenvalue weighted by Gasteiger charge is 2.28. The zero-order valence-electron chi connectivity index (χ0n) is 34.2. The van der Waals surface area contributed by atoms with Crippen molar-refractivity contribution in [2.45, 2.75) is 94.7 Å². The van der Waals surface area contributed by atoms with Gasteiger partial charge in [0.25, 0.3) is 0 Å². The number of aliphatic hydroxyl groups is 1. The summed E-state index contributed by atoms with van der Waals surface area (Å²) in [6, 6.07) is 37.3. The van der Waals surface area contributed by atoms with Crippen LogP contribution in [0.5, 0.6) is 11.5 Å². The van der Waals surface area contributed by atoms with E-state index in [0.717, 1.165) is 89.9 Å². The summed E-state index contributed by atoms with van der Waals surface area (Å²) in [5.41, 5.74) is 11.0. The maximum Gasteiger partial charge on any atom is 0.115 e. The summed E-state index contributed by atoms with van der Waals surface area (Å²) < 4.78 is 0. The van der Waals surface area contributed by atoms with Gasteiger partial charge >= 0.3 is 0 Å². The lowest BCUT2D eigenvalue weighted by Gasteiger charge is -2.32. The number of phenolic OH excluding ortho intramolecular Hbond substituents is 2. The van der Waals surface area contributed by atoms with Gasteiger partial charge in [0.2, 0.25) is 0 Å². The Hall–Kier alpha value is -3.84. The monoisotopic (exact) mass is 780 g/mol. The molecule has 0 saturated carbocycles. The minimum atomic E-state index is -0.486. The minimum Gasteiger partial charge on any atom is -0.508 e. The number of aromatic hydroxyl groups is 2. The molecule has 5 rings (SSSR count). The molecule has 0 amide bonds. The number of phenols is 2. The molecule has 1 aliphatic heterocycles. The summed E-state index contributed by atoms with van der Waals surface area (Å²) in [4.78, 5) is 2.44. The first-order chi connectivity index (χ1) is 27.8. The average Bonchev–Trinajstić information content (AvgIpc) is 3.68. The zero-order valence-corrected chi connectivity index (χ0v) is 34.2. The number of aliphatic hydroxyl groups excluding tert-OH is 1. The predicted octanol–water partition coefficient (Wildman–Crippen LogP) is 3.98. The van der Waals surface area contributed by atoms with E-state index in [-0.39, 0.29) is 41.7 Å². The molecule has 0 bridgehead atoms. The third-order valence-corrected chi connectivity index (χ3v) is 11.3. The van der Waals surface area contributed by atoms with Gasteiger partial charge in [-0.2, -0.15) is 0 Å². The van der Waals surface area contributed by atoms with Crippen molar-refractivity contribution in [3.8, 4) is 11.5 Å². The second-order valence-corrected chi connectivity index (χ2v) is 16.0. The van der Waals surface area contributed by atoms with E-state index in [4.69, 9.17) is 5.73 Å². The quantitative estimate of drug-likeness (QED) is 0.0459. The Balaban J connectivity index is 1.28. The van der Waals surface area contributed by atoms with Gasteiger partial charge in [-0.15, -0.1) is 0 Å². The highest BCUT2D eigenvalue weighted by atomic mass is 16.3. The molecule has 1 heterocycles. The normalized spacial score (nSPS) is 17.9. The van der Waals surface area contributed by atoms with Crippen LogP contribution < -0.4 is 32.3 Å². The average molecular weight is 780 g/mol. The Labute approximate surface area is 341 Å². The molecule has 0 aliphatic carbocycles. The van der Waals surface area contributed by atoms with Crippen molar-refractivity contribution < 1.29 is 15.3 Å². The molecule has 1 fully saturated rings. The third-order valence-electron chi connectivity index (χ3n) is 11.3. The fourth-order valence-electron chi connectivity index (χ4n) is 8.05. The standard InChI is InChI=1S/C47H69N7O3/c1-3-49-40(27-38-16-20-45(56)21-17-38)30-50-42(28-39-18-22-46(57)23-19-39)32-51-41(25-36-11-6-4-7-12-36)31-52-43(26-37-13-8-5-9-14-37)33-53-47(35(2)55)34-54-24-10-15-44(54)29-48/h4-9,11-14,16-23,35,40-44,47,49-53,55-57H,3,10,15,24-34,48H2,1-2H3/t35-,40+,41+,42+,43+,44+,47+/m1/s1. The molecule has 10 heteroatoms. The molecule has 310 valence electrons. The Morgan fingerprint density at radius 3 is 1.40 bits per heavy atom. The molecule has 0 radical (unpaired) electrons. The van der Waals surface area contributed by atoms with Gasteiger partial charge < -0.3 is 47.6 Å². The van der Waals surface area contributed by atoms with Gasteiger partial charge in [0, 0.05) is 75.5 Å². The van der Waals surface area contributed by atoms with Crippen LogP contribution in [-0.4, -0.2) is 115 Å². The second kappa shape index (κ2) is 24.2. The van der Waals surface area contributed by atoms with Crippen molar-refractivity contribution in [3.63, 3.8) is 0 Å². The summed E-state index contributed by atoms with van der Waals surface area (Å²) >= 11 is 0. The van der Waals surface area contributed by atoms with E-state index in [0.29, 0.717) is 12.6 Å². The Kier molecular flexibility index (Phi) is 18.8. The summed E-state index contributed by atoms with van der Waals surface area (Å²) in [6.07, 6.45) is 5.19. The molecule has 4 aromatic carbocycles. The van der Waals surface area contributed by atoms with Crippen LogP contribution in [0.2, 0.25) is 0 Å². The number of benzene rings is 4. The van der Waals surface area contributed by atoms with E-state index >= 15 is 0 Å². The molecule has 1 saturated heterocycles. The molecule has 4 aromatic rings. The van der Waals surface area contributed by atoms with Crippen LogP contribution in [0, 0.1) is 0 Å².